The molecule has 3 fully saturated rings. The van der Waals surface area contributed by atoms with Gasteiger partial charge < -0.3 is 15.4 Å². The number of hydrogen-bond donors (Lipinski definition) is 2. The standard InChI is InChI=1S/C14H24N2O2/c1-2-18-12-9-11(14(12)7-3-4-8-14)16-13(17)15-10-5-6-10/h10-12H,2-9H2,1H3,(H2,15,16,17)/t11-,12+/m0/s1. The molecule has 18 heavy (non-hydrogen) atoms. The highest BCUT2D eigenvalue weighted by Crippen LogP contribution is 2.54. The quantitative estimate of drug-likeness (QED) is 0.805. The number of carbonyl (C=O) groups excluding carboxylic acids is 1. The first-order valence-corrected chi connectivity index (χ1v) is 7.43. The average molecular weight is 252 g/mol. The number of ether oxygens (including phenoxy) is 1. The molecule has 0 radical (unpaired) electrons. The molecule has 2 atom stereocenters. The zero-order valence-corrected chi connectivity index (χ0v) is 11.2. The Hall–Kier alpha value is -0.770. The monoisotopic (exact) mass is 252 g/mol. The predicted octanol–water partition coefficient (Wildman–Crippen LogP) is 2.19. The summed E-state index contributed by atoms with van der Waals surface area (Å²) in [6, 6.07) is 0.798. The molecular weight excluding hydrogens is 228 g/mol. The van der Waals surface area contributed by atoms with E-state index >= 15 is 0 Å². The van der Waals surface area contributed by atoms with Gasteiger partial charge in [-0.15, -0.1) is 0 Å². The zero-order valence-electron chi connectivity index (χ0n) is 11.2. The number of amides is 2. The fourth-order valence-corrected chi connectivity index (χ4v) is 3.70. The lowest BCUT2D eigenvalue weighted by atomic mass is 9.60. The van der Waals surface area contributed by atoms with E-state index < -0.39 is 0 Å². The third kappa shape index (κ3) is 2.11. The molecular formula is C14H24N2O2. The molecule has 0 unspecified atom stereocenters. The normalized spacial score (nSPS) is 33.2. The maximum absolute atomic E-state index is 11.8. The van der Waals surface area contributed by atoms with Gasteiger partial charge in [0.15, 0.2) is 0 Å². The van der Waals surface area contributed by atoms with Gasteiger partial charge in [0.2, 0.25) is 0 Å². The van der Waals surface area contributed by atoms with Gasteiger partial charge in [0.25, 0.3) is 0 Å². The lowest BCUT2D eigenvalue weighted by Gasteiger charge is -2.53. The minimum absolute atomic E-state index is 0.0312. The van der Waals surface area contributed by atoms with Gasteiger partial charge in [0.1, 0.15) is 0 Å². The molecule has 0 aromatic carbocycles. The van der Waals surface area contributed by atoms with Gasteiger partial charge in [-0.05, 0) is 39.0 Å². The molecule has 0 aromatic heterocycles. The summed E-state index contributed by atoms with van der Waals surface area (Å²) in [6.45, 7) is 2.84. The lowest BCUT2D eigenvalue weighted by molar-refractivity contribution is -0.126. The van der Waals surface area contributed by atoms with Gasteiger partial charge in [-0.1, -0.05) is 12.8 Å². The van der Waals surface area contributed by atoms with Crippen LogP contribution in [0.1, 0.15) is 51.9 Å². The van der Waals surface area contributed by atoms with Gasteiger partial charge in [-0.25, -0.2) is 4.79 Å². The van der Waals surface area contributed by atoms with E-state index in [0.717, 1.165) is 25.9 Å². The summed E-state index contributed by atoms with van der Waals surface area (Å²) in [5.41, 5.74) is 0.247. The van der Waals surface area contributed by atoms with Crippen LogP contribution in [0, 0.1) is 5.41 Å². The zero-order chi connectivity index (χ0) is 12.6. The first kappa shape index (κ1) is 12.3. The van der Waals surface area contributed by atoms with Crippen LogP contribution in [-0.4, -0.2) is 30.8 Å². The molecule has 3 aliphatic rings. The fourth-order valence-electron chi connectivity index (χ4n) is 3.70. The summed E-state index contributed by atoms with van der Waals surface area (Å²) >= 11 is 0. The minimum Gasteiger partial charge on any atom is -0.378 e. The second-order valence-electron chi connectivity index (χ2n) is 6.06. The summed E-state index contributed by atoms with van der Waals surface area (Å²) < 4.78 is 5.85. The van der Waals surface area contributed by atoms with Crippen LogP contribution < -0.4 is 10.6 Å². The van der Waals surface area contributed by atoms with Crippen LogP contribution >= 0.6 is 0 Å². The second-order valence-corrected chi connectivity index (χ2v) is 6.06. The first-order valence-electron chi connectivity index (χ1n) is 7.43. The van der Waals surface area contributed by atoms with Crippen molar-refractivity contribution >= 4 is 6.03 Å². The van der Waals surface area contributed by atoms with Crippen LogP contribution in [0.15, 0.2) is 0 Å². The van der Waals surface area contributed by atoms with Gasteiger partial charge in [0, 0.05) is 24.1 Å². The van der Waals surface area contributed by atoms with E-state index in [4.69, 9.17) is 4.74 Å². The van der Waals surface area contributed by atoms with Crippen LogP contribution in [0.4, 0.5) is 4.79 Å². The molecule has 0 aromatic rings. The molecule has 4 nitrogen and oxygen atoms in total. The summed E-state index contributed by atoms with van der Waals surface area (Å²) in [7, 11) is 0. The summed E-state index contributed by atoms with van der Waals surface area (Å²) in [5, 5.41) is 6.19. The largest absolute Gasteiger partial charge is 0.378 e. The Bertz CT molecular complexity index is 322. The number of rotatable bonds is 4. The SMILES string of the molecule is CCO[C@@H]1C[C@H](NC(=O)NC2CC2)C12CCCC2. The van der Waals surface area contributed by atoms with Crippen molar-refractivity contribution in [1.82, 2.24) is 10.6 Å². The molecule has 3 saturated carbocycles. The van der Waals surface area contributed by atoms with Crippen molar-refractivity contribution < 1.29 is 9.53 Å². The smallest absolute Gasteiger partial charge is 0.315 e. The maximum Gasteiger partial charge on any atom is 0.315 e. The molecule has 0 heterocycles. The van der Waals surface area contributed by atoms with Crippen molar-refractivity contribution in [3.8, 4) is 0 Å². The molecule has 0 saturated heterocycles. The van der Waals surface area contributed by atoms with E-state index in [1.807, 2.05) is 0 Å². The maximum atomic E-state index is 11.8. The molecule has 2 N–H and O–H groups in total. The van der Waals surface area contributed by atoms with Crippen molar-refractivity contribution in [2.24, 2.45) is 5.41 Å². The molecule has 0 bridgehead atoms. The van der Waals surface area contributed by atoms with Gasteiger partial charge in [0.05, 0.1) is 6.10 Å². The number of nitrogens with one attached hydrogen (secondary N) is 2. The van der Waals surface area contributed by atoms with E-state index in [9.17, 15) is 4.79 Å². The first-order chi connectivity index (χ1) is 8.74. The van der Waals surface area contributed by atoms with Crippen LogP contribution in [-0.2, 0) is 4.74 Å². The molecule has 102 valence electrons. The molecule has 3 rings (SSSR count). The Morgan fingerprint density at radius 1 is 1.28 bits per heavy atom. The third-order valence-corrected chi connectivity index (χ3v) is 4.91. The van der Waals surface area contributed by atoms with Gasteiger partial charge in [-0.3, -0.25) is 0 Å². The highest BCUT2D eigenvalue weighted by molar-refractivity contribution is 5.75. The fraction of sp³-hybridized carbons (Fsp3) is 0.929. The van der Waals surface area contributed by atoms with E-state index in [2.05, 4.69) is 17.6 Å². The van der Waals surface area contributed by atoms with E-state index in [0.29, 0.717) is 18.2 Å². The van der Waals surface area contributed by atoms with Crippen LogP contribution in [0.5, 0.6) is 0 Å². The Morgan fingerprint density at radius 2 is 2.00 bits per heavy atom. The van der Waals surface area contributed by atoms with Gasteiger partial charge >= 0.3 is 6.03 Å². The van der Waals surface area contributed by atoms with E-state index in [-0.39, 0.29) is 11.4 Å². The van der Waals surface area contributed by atoms with Crippen LogP contribution in [0.25, 0.3) is 0 Å². The Balaban J connectivity index is 1.57. The Morgan fingerprint density at radius 3 is 2.61 bits per heavy atom. The van der Waals surface area contributed by atoms with Crippen molar-refractivity contribution in [3.05, 3.63) is 0 Å². The molecule has 0 aliphatic heterocycles. The van der Waals surface area contributed by atoms with Crippen molar-refractivity contribution in [2.75, 3.05) is 6.61 Å². The van der Waals surface area contributed by atoms with Crippen molar-refractivity contribution in [1.29, 1.82) is 0 Å². The molecule has 2 amide bonds. The van der Waals surface area contributed by atoms with E-state index in [1.165, 1.54) is 25.7 Å². The average Bonchev–Trinajstić information content (AvgIpc) is 2.98. The van der Waals surface area contributed by atoms with Gasteiger partial charge in [-0.2, -0.15) is 0 Å². The lowest BCUT2D eigenvalue weighted by Crippen LogP contribution is -2.64. The van der Waals surface area contributed by atoms with Crippen molar-refractivity contribution in [3.63, 3.8) is 0 Å². The summed E-state index contributed by atoms with van der Waals surface area (Å²) in [6.07, 6.45) is 8.65. The highest BCUT2D eigenvalue weighted by Gasteiger charge is 2.57. The number of carbonyl (C=O) groups is 1. The second kappa shape index (κ2) is 4.72. The number of urea groups is 1. The minimum atomic E-state index is 0.0312. The summed E-state index contributed by atoms with van der Waals surface area (Å²) in [4.78, 5) is 11.8. The van der Waals surface area contributed by atoms with E-state index in [1.54, 1.807) is 0 Å². The highest BCUT2D eigenvalue weighted by atomic mass is 16.5. The number of hydrogen-bond acceptors (Lipinski definition) is 2. The van der Waals surface area contributed by atoms with Crippen LogP contribution in [0.3, 0.4) is 0 Å². The predicted molar refractivity (Wildman–Crippen MR) is 69.4 cm³/mol. The third-order valence-electron chi connectivity index (χ3n) is 4.91. The topological polar surface area (TPSA) is 50.4 Å². The molecule has 1 spiro atoms. The molecule has 3 aliphatic carbocycles. The molecule has 4 heteroatoms. The Labute approximate surface area is 109 Å². The van der Waals surface area contributed by atoms with Crippen LogP contribution in [0.2, 0.25) is 0 Å². The Kier molecular flexibility index (Phi) is 3.22. The van der Waals surface area contributed by atoms with Crippen molar-refractivity contribution in [2.45, 2.75) is 70.1 Å². The summed E-state index contributed by atoms with van der Waals surface area (Å²) in [5.74, 6) is 0.